The van der Waals surface area contributed by atoms with Crippen LogP contribution in [-0.2, 0) is 26.0 Å². The number of phenolic OH excluding ortho intramolecular Hbond substituents is 1. The van der Waals surface area contributed by atoms with Crippen LogP contribution < -0.4 is 5.32 Å². The molecular weight excluding hydrogens is 340 g/mol. The van der Waals surface area contributed by atoms with Gasteiger partial charge in [-0.15, -0.1) is 0 Å². The van der Waals surface area contributed by atoms with E-state index in [0.29, 0.717) is 13.1 Å². The van der Waals surface area contributed by atoms with Gasteiger partial charge in [-0.3, -0.25) is 0 Å². The maximum Gasteiger partial charge on any atom is 0.115 e. The van der Waals surface area contributed by atoms with Gasteiger partial charge in [0.25, 0.3) is 0 Å². The summed E-state index contributed by atoms with van der Waals surface area (Å²) in [7, 11) is 0. The Labute approximate surface area is 90.4 Å². The molecule has 1 aromatic rings. The summed E-state index contributed by atoms with van der Waals surface area (Å²) >= 11 is 0. The molecule has 3 nitrogen and oxygen atoms in total. The number of nitrogens with one attached hydrogen (secondary N) is 1. The molecule has 1 aromatic carbocycles. The molecule has 13 heavy (non-hydrogen) atoms. The fraction of sp³-hybridized carbons (Fsp3) is 0.333. The van der Waals surface area contributed by atoms with Crippen LogP contribution in [0.3, 0.4) is 0 Å². The largest absolute Gasteiger partial charge is 0.508 e. The zero-order chi connectivity index (χ0) is 8.60. The third-order valence-electron chi connectivity index (χ3n) is 2.24. The van der Waals surface area contributed by atoms with E-state index in [9.17, 15) is 5.11 Å². The van der Waals surface area contributed by atoms with Crippen LogP contribution in [0.2, 0.25) is 0 Å². The van der Waals surface area contributed by atoms with Crippen LogP contribution in [-0.4, -0.2) is 23.3 Å². The third-order valence-corrected chi connectivity index (χ3v) is 2.24. The van der Waals surface area contributed by atoms with Gasteiger partial charge in [0.05, 0.1) is 0 Å². The summed E-state index contributed by atoms with van der Waals surface area (Å²) in [6.07, 6.45) is 0. The van der Waals surface area contributed by atoms with Crippen molar-refractivity contribution in [2.75, 3.05) is 13.1 Å². The number of aliphatic hydroxyl groups is 1. The van der Waals surface area contributed by atoms with Crippen molar-refractivity contribution >= 4 is 0 Å². The Morgan fingerprint density at radius 2 is 1.69 bits per heavy atom. The molecule has 4 heteroatoms. The van der Waals surface area contributed by atoms with Crippen LogP contribution in [0.25, 0.3) is 0 Å². The van der Waals surface area contributed by atoms with E-state index in [0.717, 1.165) is 5.56 Å². The van der Waals surface area contributed by atoms with E-state index in [1.54, 1.807) is 24.3 Å². The Bertz CT molecular complexity index is 282. The molecule has 1 heterocycles. The van der Waals surface area contributed by atoms with Gasteiger partial charge in [0.2, 0.25) is 0 Å². The molecule has 0 unspecified atom stereocenters. The van der Waals surface area contributed by atoms with Gasteiger partial charge < -0.3 is 15.5 Å². The van der Waals surface area contributed by atoms with Crippen LogP contribution in [0.1, 0.15) is 5.56 Å². The first-order valence-electron chi connectivity index (χ1n) is 3.93. The second-order valence-electron chi connectivity index (χ2n) is 3.18. The second kappa shape index (κ2) is 3.77. The van der Waals surface area contributed by atoms with Crippen molar-refractivity contribution in [3.63, 3.8) is 0 Å². The van der Waals surface area contributed by atoms with Gasteiger partial charge in [-0.1, -0.05) is 12.1 Å². The maximum atomic E-state index is 9.83. The van der Waals surface area contributed by atoms with Gasteiger partial charge in [-0.2, -0.15) is 0 Å². The van der Waals surface area contributed by atoms with Gasteiger partial charge in [0, 0.05) is 33.5 Å². The summed E-state index contributed by atoms with van der Waals surface area (Å²) in [5.74, 6) is 0.231. The maximum absolute atomic E-state index is 9.83. The quantitative estimate of drug-likeness (QED) is 0.677. The molecule has 2 rings (SSSR count). The number of hydrogen-bond acceptors (Lipinski definition) is 3. The standard InChI is InChI=1S/C9H11NO2.Re/c11-8-3-1-7(2-4-8)9(12)5-10-6-9;/h1-4,10-12H,5-6H2;. The van der Waals surface area contributed by atoms with E-state index < -0.39 is 5.60 Å². The van der Waals surface area contributed by atoms with E-state index in [1.807, 2.05) is 0 Å². The molecule has 0 aliphatic carbocycles. The number of rotatable bonds is 1. The molecule has 1 fully saturated rings. The van der Waals surface area contributed by atoms with Crippen LogP contribution in [0, 0.1) is 0 Å². The van der Waals surface area contributed by atoms with E-state index >= 15 is 0 Å². The van der Waals surface area contributed by atoms with E-state index in [2.05, 4.69) is 5.32 Å². The summed E-state index contributed by atoms with van der Waals surface area (Å²) in [6.45, 7) is 1.19. The topological polar surface area (TPSA) is 52.5 Å². The molecule has 0 spiro atoms. The molecule has 0 saturated carbocycles. The molecule has 0 bridgehead atoms. The summed E-state index contributed by atoms with van der Waals surface area (Å²) in [4.78, 5) is 0. The Balaban J connectivity index is 0.000000845. The molecule has 0 amide bonds. The normalized spacial score (nSPS) is 18.5. The van der Waals surface area contributed by atoms with Crippen molar-refractivity contribution < 1.29 is 30.6 Å². The molecule has 1 aliphatic rings. The van der Waals surface area contributed by atoms with Gasteiger partial charge in [-0.25, -0.2) is 0 Å². The van der Waals surface area contributed by atoms with Gasteiger partial charge in [-0.05, 0) is 17.7 Å². The van der Waals surface area contributed by atoms with Crippen LogP contribution in [0.5, 0.6) is 5.75 Å². The number of hydrogen-bond donors (Lipinski definition) is 3. The Morgan fingerprint density at radius 3 is 2.08 bits per heavy atom. The van der Waals surface area contributed by atoms with Crippen molar-refractivity contribution in [3.05, 3.63) is 29.8 Å². The Hall–Kier alpha value is -0.398. The van der Waals surface area contributed by atoms with Crippen molar-refractivity contribution in [1.82, 2.24) is 5.32 Å². The number of β-amino-alcohol motifs (C(OH)–C–C–N with tert-alkyl or cyclic N) is 1. The molecule has 1 radical (unpaired) electrons. The monoisotopic (exact) mass is 352 g/mol. The van der Waals surface area contributed by atoms with Crippen molar-refractivity contribution in [2.24, 2.45) is 0 Å². The predicted molar refractivity (Wildman–Crippen MR) is 44.9 cm³/mol. The zero-order valence-electron chi connectivity index (χ0n) is 7.00. The average Bonchev–Trinajstić information content (AvgIpc) is 2.02. The first-order valence-corrected chi connectivity index (χ1v) is 3.93. The summed E-state index contributed by atoms with van der Waals surface area (Å²) in [5.41, 5.74) is 0.146. The second-order valence-corrected chi connectivity index (χ2v) is 3.18. The fourth-order valence-electron chi connectivity index (χ4n) is 1.34. The molecule has 71 valence electrons. The van der Waals surface area contributed by atoms with Crippen LogP contribution in [0.4, 0.5) is 0 Å². The predicted octanol–water partition coefficient (Wildman–Crippen LogP) is 0.180. The van der Waals surface area contributed by atoms with Crippen LogP contribution in [0.15, 0.2) is 24.3 Å². The van der Waals surface area contributed by atoms with E-state index in [-0.39, 0.29) is 26.2 Å². The zero-order valence-corrected chi connectivity index (χ0v) is 9.71. The van der Waals surface area contributed by atoms with Gasteiger partial charge in [0.15, 0.2) is 0 Å². The van der Waals surface area contributed by atoms with E-state index in [1.165, 1.54) is 0 Å². The molecule has 0 atom stereocenters. The first-order chi connectivity index (χ1) is 5.71. The summed E-state index contributed by atoms with van der Waals surface area (Å²) in [6, 6.07) is 6.67. The molecule has 1 aliphatic heterocycles. The minimum absolute atomic E-state index is 0. The van der Waals surface area contributed by atoms with Gasteiger partial charge in [0.1, 0.15) is 11.4 Å². The Kier molecular flexibility index (Phi) is 3.10. The smallest absolute Gasteiger partial charge is 0.115 e. The Morgan fingerprint density at radius 1 is 1.15 bits per heavy atom. The number of aromatic hydroxyl groups is 1. The fourth-order valence-corrected chi connectivity index (χ4v) is 1.34. The van der Waals surface area contributed by atoms with Crippen molar-refractivity contribution in [1.29, 1.82) is 0 Å². The first kappa shape index (κ1) is 10.7. The number of phenols is 1. The molecule has 3 N–H and O–H groups in total. The SMILES string of the molecule is Oc1ccc(C2(O)CNC2)cc1.[Re]. The van der Waals surface area contributed by atoms with Crippen molar-refractivity contribution in [3.8, 4) is 5.75 Å². The molecular formula is C9H11NO2Re. The van der Waals surface area contributed by atoms with Gasteiger partial charge >= 0.3 is 0 Å². The van der Waals surface area contributed by atoms with E-state index in [4.69, 9.17) is 5.11 Å². The summed E-state index contributed by atoms with van der Waals surface area (Å²) in [5, 5.41) is 21.8. The minimum Gasteiger partial charge on any atom is -0.508 e. The van der Waals surface area contributed by atoms with Crippen LogP contribution >= 0.6 is 0 Å². The third kappa shape index (κ3) is 1.92. The minimum atomic E-state index is -0.715. The molecule has 0 aromatic heterocycles. The summed E-state index contributed by atoms with van der Waals surface area (Å²) < 4.78 is 0. The van der Waals surface area contributed by atoms with Crippen molar-refractivity contribution in [2.45, 2.75) is 5.60 Å². The average molecular weight is 351 g/mol. The number of benzene rings is 1. The molecule has 1 saturated heterocycles.